The molecule has 146 valence electrons. The van der Waals surface area contributed by atoms with Crippen LogP contribution in [0.2, 0.25) is 0 Å². The highest BCUT2D eigenvalue weighted by atomic mass is 19.4. The summed E-state index contributed by atoms with van der Waals surface area (Å²) < 4.78 is 42.2. The summed E-state index contributed by atoms with van der Waals surface area (Å²) in [5.74, 6) is 2.72. The molecule has 1 aromatic rings. The Labute approximate surface area is 155 Å². The van der Waals surface area contributed by atoms with Gasteiger partial charge in [-0.3, -0.25) is 0 Å². The molecule has 2 aliphatic rings. The summed E-state index contributed by atoms with van der Waals surface area (Å²) in [6.45, 7) is 2.27. The van der Waals surface area contributed by atoms with Gasteiger partial charge in [-0.1, -0.05) is 50.8 Å². The minimum Gasteiger partial charge on any atom is -0.405 e. The van der Waals surface area contributed by atoms with Gasteiger partial charge in [0.2, 0.25) is 0 Å². The van der Waals surface area contributed by atoms with E-state index in [9.17, 15) is 13.2 Å². The van der Waals surface area contributed by atoms with Crippen LogP contribution in [0, 0.1) is 17.8 Å². The Kier molecular flexibility index (Phi) is 6.52. The Balaban J connectivity index is 1.55. The zero-order valence-corrected chi connectivity index (χ0v) is 15.7. The van der Waals surface area contributed by atoms with Gasteiger partial charge in [0.1, 0.15) is 5.75 Å². The molecule has 4 heteroatoms. The molecule has 1 aromatic carbocycles. The fourth-order valence-corrected chi connectivity index (χ4v) is 5.29. The molecule has 2 fully saturated rings. The molecule has 0 amide bonds. The quantitative estimate of drug-likeness (QED) is 0.524. The molecule has 0 spiro atoms. The fourth-order valence-electron chi connectivity index (χ4n) is 5.29. The van der Waals surface area contributed by atoms with Gasteiger partial charge in [0.15, 0.2) is 0 Å². The molecule has 2 saturated carbocycles. The lowest BCUT2D eigenvalue weighted by Crippen LogP contribution is -2.26. The lowest BCUT2D eigenvalue weighted by molar-refractivity contribution is -0.275. The molecular formula is C22H31F3O. The molecule has 0 unspecified atom stereocenters. The number of alkyl halides is 3. The van der Waals surface area contributed by atoms with Crippen LogP contribution in [-0.4, -0.2) is 6.36 Å². The normalized spacial score (nSPS) is 30.2. The van der Waals surface area contributed by atoms with Crippen molar-refractivity contribution in [2.45, 2.75) is 83.4 Å². The fraction of sp³-hybridized carbons (Fsp3) is 0.727. The highest BCUT2D eigenvalue weighted by Crippen LogP contribution is 2.46. The van der Waals surface area contributed by atoms with Crippen molar-refractivity contribution in [1.82, 2.24) is 0 Å². The monoisotopic (exact) mass is 368 g/mol. The van der Waals surface area contributed by atoms with Crippen molar-refractivity contribution in [1.29, 1.82) is 0 Å². The van der Waals surface area contributed by atoms with Gasteiger partial charge < -0.3 is 4.74 Å². The van der Waals surface area contributed by atoms with Gasteiger partial charge in [-0.15, -0.1) is 13.2 Å². The standard InChI is InChI=1S/C22H31F3O/c1-2-5-16-8-10-17(11-9-16)18-12-14-19(15-13-18)20-6-3-4-7-21(20)26-22(23,24)25/h3-4,6-7,16-19H,2,5,8-15H2,1H3/t16-,17-,18?,19?. The minimum absolute atomic E-state index is 0.0106. The summed E-state index contributed by atoms with van der Waals surface area (Å²) in [7, 11) is 0. The maximum Gasteiger partial charge on any atom is 0.573 e. The average Bonchev–Trinajstić information content (AvgIpc) is 2.62. The lowest BCUT2D eigenvalue weighted by atomic mass is 9.68. The molecule has 0 heterocycles. The second-order valence-corrected chi connectivity index (χ2v) is 8.27. The topological polar surface area (TPSA) is 9.23 Å². The summed E-state index contributed by atoms with van der Waals surface area (Å²) in [6.07, 6.45) is 7.76. The number of ether oxygens (including phenoxy) is 1. The van der Waals surface area contributed by atoms with Crippen LogP contribution in [0.25, 0.3) is 0 Å². The first-order valence-electron chi connectivity index (χ1n) is 10.3. The van der Waals surface area contributed by atoms with Gasteiger partial charge in [-0.05, 0) is 73.8 Å². The van der Waals surface area contributed by atoms with Crippen molar-refractivity contribution in [2.24, 2.45) is 17.8 Å². The van der Waals surface area contributed by atoms with Gasteiger partial charge in [0.25, 0.3) is 0 Å². The van der Waals surface area contributed by atoms with E-state index in [0.717, 1.165) is 49.0 Å². The summed E-state index contributed by atoms with van der Waals surface area (Å²) in [6, 6.07) is 6.69. The maximum absolute atomic E-state index is 12.7. The molecule has 26 heavy (non-hydrogen) atoms. The smallest absolute Gasteiger partial charge is 0.405 e. The molecule has 0 saturated heterocycles. The van der Waals surface area contributed by atoms with E-state index in [0.29, 0.717) is 0 Å². The van der Waals surface area contributed by atoms with Crippen LogP contribution in [0.15, 0.2) is 24.3 Å². The van der Waals surface area contributed by atoms with Crippen LogP contribution in [0.3, 0.4) is 0 Å². The van der Waals surface area contributed by atoms with E-state index in [1.807, 2.05) is 12.1 Å². The van der Waals surface area contributed by atoms with E-state index in [4.69, 9.17) is 0 Å². The zero-order chi connectivity index (χ0) is 18.6. The lowest BCUT2D eigenvalue weighted by Gasteiger charge is -2.38. The molecule has 0 aromatic heterocycles. The van der Waals surface area contributed by atoms with E-state index < -0.39 is 6.36 Å². The molecule has 3 rings (SSSR count). The molecule has 0 N–H and O–H groups in total. The molecule has 2 aliphatic carbocycles. The third-order valence-electron chi connectivity index (χ3n) is 6.61. The van der Waals surface area contributed by atoms with E-state index in [-0.39, 0.29) is 11.7 Å². The van der Waals surface area contributed by atoms with Gasteiger partial charge >= 0.3 is 6.36 Å². The highest BCUT2D eigenvalue weighted by Gasteiger charge is 2.35. The van der Waals surface area contributed by atoms with Crippen LogP contribution in [0.4, 0.5) is 13.2 Å². The average molecular weight is 368 g/mol. The molecule has 0 bridgehead atoms. The van der Waals surface area contributed by atoms with Gasteiger partial charge in [-0.25, -0.2) is 0 Å². The van der Waals surface area contributed by atoms with E-state index in [1.165, 1.54) is 44.6 Å². The van der Waals surface area contributed by atoms with Crippen LogP contribution in [0.5, 0.6) is 5.75 Å². The number of rotatable bonds is 5. The SMILES string of the molecule is CCC[C@H]1CC[C@H](C2CCC(c3ccccc3OC(F)(F)F)CC2)CC1. The first kappa shape index (κ1) is 19.6. The molecular weight excluding hydrogens is 337 g/mol. The van der Waals surface area contributed by atoms with Gasteiger partial charge in [0.05, 0.1) is 0 Å². The van der Waals surface area contributed by atoms with E-state index >= 15 is 0 Å². The Hall–Kier alpha value is -1.19. The summed E-state index contributed by atoms with van der Waals surface area (Å²) in [5, 5.41) is 0. The van der Waals surface area contributed by atoms with Crippen molar-refractivity contribution < 1.29 is 17.9 Å². The summed E-state index contributed by atoms with van der Waals surface area (Å²) in [5.41, 5.74) is 0.731. The molecule has 0 aliphatic heterocycles. The number of para-hydroxylation sites is 1. The second-order valence-electron chi connectivity index (χ2n) is 8.27. The second kappa shape index (κ2) is 8.67. The van der Waals surface area contributed by atoms with Crippen LogP contribution >= 0.6 is 0 Å². The minimum atomic E-state index is -4.62. The zero-order valence-electron chi connectivity index (χ0n) is 15.7. The van der Waals surface area contributed by atoms with Crippen molar-refractivity contribution in [3.8, 4) is 5.75 Å². The largest absolute Gasteiger partial charge is 0.573 e. The summed E-state index contributed by atoms with van der Waals surface area (Å²) in [4.78, 5) is 0. The Morgan fingerprint density at radius 3 is 2.04 bits per heavy atom. The predicted molar refractivity (Wildman–Crippen MR) is 98.2 cm³/mol. The molecule has 1 nitrogen and oxygen atoms in total. The van der Waals surface area contributed by atoms with Crippen LogP contribution in [0.1, 0.15) is 82.6 Å². The van der Waals surface area contributed by atoms with Gasteiger partial charge in [0, 0.05) is 0 Å². The van der Waals surface area contributed by atoms with Crippen molar-refractivity contribution in [3.63, 3.8) is 0 Å². The van der Waals surface area contributed by atoms with Crippen molar-refractivity contribution >= 4 is 0 Å². The third kappa shape index (κ3) is 5.17. The van der Waals surface area contributed by atoms with Crippen LogP contribution in [-0.2, 0) is 0 Å². The number of benzene rings is 1. The highest BCUT2D eigenvalue weighted by molar-refractivity contribution is 5.36. The molecule has 0 radical (unpaired) electrons. The van der Waals surface area contributed by atoms with E-state index in [1.54, 1.807) is 6.07 Å². The number of hydrogen-bond donors (Lipinski definition) is 0. The summed E-state index contributed by atoms with van der Waals surface area (Å²) >= 11 is 0. The number of hydrogen-bond acceptors (Lipinski definition) is 1. The van der Waals surface area contributed by atoms with E-state index in [2.05, 4.69) is 11.7 Å². The first-order chi connectivity index (χ1) is 12.5. The van der Waals surface area contributed by atoms with Crippen molar-refractivity contribution in [2.75, 3.05) is 0 Å². The number of halogens is 3. The maximum atomic E-state index is 12.7. The molecule has 0 atom stereocenters. The Bertz CT molecular complexity index is 553. The van der Waals surface area contributed by atoms with Crippen molar-refractivity contribution in [3.05, 3.63) is 29.8 Å². The van der Waals surface area contributed by atoms with Gasteiger partial charge in [-0.2, -0.15) is 0 Å². The Morgan fingerprint density at radius 2 is 1.46 bits per heavy atom. The first-order valence-corrected chi connectivity index (χ1v) is 10.3. The Morgan fingerprint density at radius 1 is 0.885 bits per heavy atom. The van der Waals surface area contributed by atoms with Crippen LogP contribution < -0.4 is 4.74 Å². The third-order valence-corrected chi connectivity index (χ3v) is 6.61. The predicted octanol–water partition coefficient (Wildman–Crippen LogP) is 7.47.